The van der Waals surface area contributed by atoms with Crippen molar-refractivity contribution in [2.75, 3.05) is 18.4 Å². The average Bonchev–Trinajstić information content (AvgIpc) is 2.92. The Labute approximate surface area is 247 Å². The number of aryl methyl sites for hydroxylation is 1. The summed E-state index contributed by atoms with van der Waals surface area (Å²) in [5, 5.41) is 12.6. The predicted octanol–water partition coefficient (Wildman–Crippen LogP) is 8.88. The molecule has 1 fully saturated rings. The molecule has 0 spiro atoms. The molecule has 0 radical (unpaired) electrons. The summed E-state index contributed by atoms with van der Waals surface area (Å²) in [7, 11) is -2.03. The van der Waals surface area contributed by atoms with E-state index < -0.39 is 14.4 Å². The van der Waals surface area contributed by atoms with Gasteiger partial charge in [-0.05, 0) is 81.9 Å². The van der Waals surface area contributed by atoms with E-state index in [0.717, 1.165) is 24.3 Å². The molecule has 0 aromatic heterocycles. The van der Waals surface area contributed by atoms with Crippen molar-refractivity contribution in [3.8, 4) is 5.75 Å². The van der Waals surface area contributed by atoms with Crippen LogP contribution in [0.1, 0.15) is 82.1 Å². The Balaban J connectivity index is 1.45. The molecule has 0 bridgehead atoms. The minimum Gasteiger partial charge on any atom is -0.543 e. The Morgan fingerprint density at radius 2 is 1.51 bits per heavy atom. The van der Waals surface area contributed by atoms with Crippen LogP contribution >= 0.6 is 0 Å². The second-order valence-corrected chi connectivity index (χ2v) is 18.3. The highest BCUT2D eigenvalue weighted by Crippen LogP contribution is 2.48. The predicted molar refractivity (Wildman–Crippen MR) is 171 cm³/mol. The van der Waals surface area contributed by atoms with Gasteiger partial charge in [-0.1, -0.05) is 90.1 Å². The highest BCUT2D eigenvalue weighted by Gasteiger charge is 2.47. The van der Waals surface area contributed by atoms with Crippen molar-refractivity contribution in [1.82, 2.24) is 4.90 Å². The summed E-state index contributed by atoms with van der Waals surface area (Å²) in [5.41, 5.74) is 8.16. The number of amides is 1. The lowest BCUT2D eigenvalue weighted by atomic mass is 9.69. The Hall–Kier alpha value is -3.25. The summed E-state index contributed by atoms with van der Waals surface area (Å²) in [6.07, 6.45) is 1.30. The number of carbonyl (C=O) groups is 1. The number of carboxylic acid groups (broad SMARTS) is 1. The van der Waals surface area contributed by atoms with Crippen LogP contribution in [-0.2, 0) is 6.42 Å². The van der Waals surface area contributed by atoms with Gasteiger partial charge < -0.3 is 19.7 Å². The maximum atomic E-state index is 11.1. The molecule has 2 unspecified atom stereocenters. The third kappa shape index (κ3) is 5.76. The van der Waals surface area contributed by atoms with E-state index in [4.69, 9.17) is 9.53 Å². The number of anilines is 1. The van der Waals surface area contributed by atoms with Gasteiger partial charge in [0, 0.05) is 24.7 Å². The fourth-order valence-electron chi connectivity index (χ4n) is 7.64. The van der Waals surface area contributed by atoms with E-state index in [1.807, 2.05) is 0 Å². The lowest BCUT2D eigenvalue weighted by Crippen LogP contribution is -2.56. The molecule has 218 valence electrons. The van der Waals surface area contributed by atoms with Gasteiger partial charge in [0.2, 0.25) is 0 Å². The van der Waals surface area contributed by atoms with Gasteiger partial charge in [0.05, 0.1) is 6.04 Å². The number of fused-ring (bicyclic) bond motifs is 1. The van der Waals surface area contributed by atoms with E-state index in [1.165, 1.54) is 27.2 Å². The minimum atomic E-state index is -2.03. The molecule has 1 saturated heterocycles. The molecule has 1 aliphatic heterocycles. The first-order valence-electron chi connectivity index (χ1n) is 15.3. The molecule has 1 aliphatic carbocycles. The maximum absolute atomic E-state index is 11.1. The summed E-state index contributed by atoms with van der Waals surface area (Å²) < 4.78 is 7.09. The second kappa shape index (κ2) is 11.9. The average molecular weight is 571 g/mol. The molecule has 3 aromatic rings. The minimum absolute atomic E-state index is 0.168. The van der Waals surface area contributed by atoms with Gasteiger partial charge in [0.15, 0.2) is 0 Å². The second-order valence-electron chi connectivity index (χ2n) is 13.0. The Morgan fingerprint density at radius 3 is 2.10 bits per heavy atom. The van der Waals surface area contributed by atoms with Gasteiger partial charge in [-0.2, -0.15) is 0 Å². The number of hydrogen-bond donors (Lipinski definition) is 2. The summed E-state index contributed by atoms with van der Waals surface area (Å²) in [4.78, 5) is 12.6. The normalized spacial score (nSPS) is 19.3. The monoisotopic (exact) mass is 570 g/mol. The highest BCUT2D eigenvalue weighted by molar-refractivity contribution is 6.78. The molecule has 1 amide bonds. The van der Waals surface area contributed by atoms with Crippen molar-refractivity contribution >= 4 is 20.1 Å². The summed E-state index contributed by atoms with van der Waals surface area (Å²) in [5.74, 6) is 1.71. The van der Waals surface area contributed by atoms with Crippen molar-refractivity contribution < 1.29 is 14.3 Å². The SMILES string of the molecule is CC(C)[Si](Oc1ccc2c(c1)CCC(c1ccccc1)C2c1ccc(NC2CN(C(=O)O)C2)cc1)(C(C)C)C(C)C. The van der Waals surface area contributed by atoms with Crippen molar-refractivity contribution in [2.45, 2.75) is 88.9 Å². The molecule has 2 aliphatic rings. The van der Waals surface area contributed by atoms with E-state index in [9.17, 15) is 4.79 Å². The van der Waals surface area contributed by atoms with E-state index >= 15 is 0 Å². The molecule has 5 rings (SSSR count). The number of hydrogen-bond acceptors (Lipinski definition) is 3. The number of rotatable bonds is 9. The van der Waals surface area contributed by atoms with Crippen LogP contribution in [0.5, 0.6) is 5.75 Å². The van der Waals surface area contributed by atoms with Gasteiger partial charge in [0.1, 0.15) is 5.75 Å². The van der Waals surface area contributed by atoms with Gasteiger partial charge in [-0.15, -0.1) is 0 Å². The molecule has 1 heterocycles. The van der Waals surface area contributed by atoms with Crippen LogP contribution in [-0.4, -0.2) is 43.5 Å². The molecule has 2 N–H and O–H groups in total. The molecule has 3 aromatic carbocycles. The first-order valence-corrected chi connectivity index (χ1v) is 17.4. The number of nitrogens with one attached hydrogen (secondary N) is 1. The van der Waals surface area contributed by atoms with Crippen LogP contribution in [0.2, 0.25) is 16.6 Å². The number of benzene rings is 3. The van der Waals surface area contributed by atoms with Crippen LogP contribution in [0.15, 0.2) is 72.8 Å². The van der Waals surface area contributed by atoms with Gasteiger partial charge in [0.25, 0.3) is 8.32 Å². The van der Waals surface area contributed by atoms with Crippen LogP contribution < -0.4 is 9.74 Å². The number of likely N-dealkylation sites (tertiary alicyclic amines) is 1. The van der Waals surface area contributed by atoms with Crippen LogP contribution in [0.4, 0.5) is 10.5 Å². The van der Waals surface area contributed by atoms with Crippen molar-refractivity contribution in [1.29, 1.82) is 0 Å². The Kier molecular flexibility index (Phi) is 8.51. The molecule has 6 heteroatoms. The molecule has 2 atom stereocenters. The topological polar surface area (TPSA) is 61.8 Å². The standard InChI is InChI=1S/C35H46N2O3Si/c1-23(2)41(24(3)4,25(5)6)40-31-17-19-33-28(20-31)14-18-32(26-10-8-7-9-11-26)34(33)27-12-15-29(16-13-27)36-30-21-37(22-30)35(38)39/h7-13,15-17,19-20,23-25,30,32,34,36H,14,18,21-22H2,1-6H3,(H,38,39). The molecular weight excluding hydrogens is 524 g/mol. The van der Waals surface area contributed by atoms with E-state index in [1.54, 1.807) is 0 Å². The molecule has 0 saturated carbocycles. The number of nitrogens with zero attached hydrogens (tertiary/aromatic N) is 1. The van der Waals surface area contributed by atoms with E-state index in [0.29, 0.717) is 35.6 Å². The first kappa shape index (κ1) is 29.2. The van der Waals surface area contributed by atoms with Gasteiger partial charge in [-0.25, -0.2) is 4.79 Å². The lowest BCUT2D eigenvalue weighted by molar-refractivity contribution is 0.111. The third-order valence-electron chi connectivity index (χ3n) is 9.60. The van der Waals surface area contributed by atoms with Crippen LogP contribution in [0.25, 0.3) is 0 Å². The summed E-state index contributed by atoms with van der Waals surface area (Å²) in [6.45, 7) is 15.1. The Morgan fingerprint density at radius 1 is 0.878 bits per heavy atom. The molecular formula is C35H46N2O3Si. The fourth-order valence-corrected chi connectivity index (χ4v) is 12.9. The quantitative estimate of drug-likeness (QED) is 0.252. The van der Waals surface area contributed by atoms with Crippen molar-refractivity contribution in [2.24, 2.45) is 0 Å². The van der Waals surface area contributed by atoms with E-state index in [-0.39, 0.29) is 12.0 Å². The maximum Gasteiger partial charge on any atom is 0.407 e. The molecule has 41 heavy (non-hydrogen) atoms. The third-order valence-corrected chi connectivity index (χ3v) is 15.6. The molecule has 5 nitrogen and oxygen atoms in total. The van der Waals surface area contributed by atoms with Crippen LogP contribution in [0, 0.1) is 0 Å². The highest BCUT2D eigenvalue weighted by atomic mass is 28.4. The fraction of sp³-hybridized carbons (Fsp3) is 0.457. The van der Waals surface area contributed by atoms with Crippen molar-refractivity contribution in [3.63, 3.8) is 0 Å². The van der Waals surface area contributed by atoms with E-state index in [2.05, 4.69) is 120 Å². The van der Waals surface area contributed by atoms with Crippen LogP contribution in [0.3, 0.4) is 0 Å². The summed E-state index contributed by atoms with van der Waals surface area (Å²) in [6, 6.07) is 26.8. The Bertz CT molecular complexity index is 1310. The first-order chi connectivity index (χ1) is 19.6. The zero-order valence-corrected chi connectivity index (χ0v) is 26.4. The summed E-state index contributed by atoms with van der Waals surface area (Å²) >= 11 is 0. The van der Waals surface area contributed by atoms with Gasteiger partial charge in [-0.3, -0.25) is 0 Å². The lowest BCUT2D eigenvalue weighted by Gasteiger charge is -2.42. The van der Waals surface area contributed by atoms with Crippen molar-refractivity contribution in [3.05, 3.63) is 95.1 Å². The van der Waals surface area contributed by atoms with Gasteiger partial charge >= 0.3 is 6.09 Å². The zero-order chi connectivity index (χ0) is 29.3. The smallest absolute Gasteiger partial charge is 0.407 e. The largest absolute Gasteiger partial charge is 0.543 e. The zero-order valence-electron chi connectivity index (χ0n) is 25.4.